The average molecular weight is 355 g/mol. The summed E-state index contributed by atoms with van der Waals surface area (Å²) in [5.74, 6) is -0.0968. The van der Waals surface area contributed by atoms with Crippen LogP contribution in [0.4, 0.5) is 0 Å². The maximum absolute atomic E-state index is 12.3. The summed E-state index contributed by atoms with van der Waals surface area (Å²) in [5.41, 5.74) is 1.10. The lowest BCUT2D eigenvalue weighted by Gasteiger charge is -2.13. The van der Waals surface area contributed by atoms with Crippen LogP contribution < -0.4 is 10.9 Å². The molecule has 25 heavy (non-hydrogen) atoms. The van der Waals surface area contributed by atoms with Crippen molar-refractivity contribution in [1.29, 1.82) is 0 Å². The Bertz CT molecular complexity index is 935. The number of aryl methyl sites for hydroxylation is 1. The molecule has 0 aliphatic heterocycles. The van der Waals surface area contributed by atoms with Crippen LogP contribution in [0, 0.1) is 6.92 Å². The fraction of sp³-hybridized carbons (Fsp3) is 0.235. The lowest BCUT2D eigenvalue weighted by atomic mass is 10.1. The van der Waals surface area contributed by atoms with Gasteiger partial charge in [0.05, 0.1) is 5.01 Å². The maximum atomic E-state index is 12.3. The van der Waals surface area contributed by atoms with E-state index in [1.165, 1.54) is 17.5 Å². The largest absolute Gasteiger partial charge is 0.349 e. The van der Waals surface area contributed by atoms with Gasteiger partial charge in [0, 0.05) is 30.0 Å². The van der Waals surface area contributed by atoms with Gasteiger partial charge in [-0.2, -0.15) is 0 Å². The molecule has 3 aromatic rings. The Morgan fingerprint density at radius 3 is 2.88 bits per heavy atom. The molecule has 3 heterocycles. The van der Waals surface area contributed by atoms with Crippen LogP contribution in [0.1, 0.15) is 27.9 Å². The number of carbonyl (C=O) groups is 1. The number of rotatable bonds is 5. The molecule has 0 aliphatic rings. The highest BCUT2D eigenvalue weighted by Crippen LogP contribution is 2.16. The third-order valence-corrected chi connectivity index (χ3v) is 4.32. The summed E-state index contributed by atoms with van der Waals surface area (Å²) < 4.78 is 0. The molecule has 0 saturated heterocycles. The van der Waals surface area contributed by atoms with Crippen LogP contribution in [0.3, 0.4) is 0 Å². The summed E-state index contributed by atoms with van der Waals surface area (Å²) >= 11 is 1.47. The van der Waals surface area contributed by atoms with E-state index >= 15 is 0 Å². The predicted molar refractivity (Wildman–Crippen MR) is 95.6 cm³/mol. The third-order valence-electron chi connectivity index (χ3n) is 3.55. The number of aromatic amines is 1. The van der Waals surface area contributed by atoms with Gasteiger partial charge in [0.1, 0.15) is 11.3 Å². The number of thiazole rings is 1. The molecule has 1 amide bonds. The first-order valence-electron chi connectivity index (χ1n) is 7.74. The zero-order chi connectivity index (χ0) is 17.8. The van der Waals surface area contributed by atoms with E-state index in [1.807, 2.05) is 31.4 Å². The zero-order valence-electron chi connectivity index (χ0n) is 13.8. The van der Waals surface area contributed by atoms with Crippen LogP contribution in [-0.4, -0.2) is 31.9 Å². The molecule has 3 aromatic heterocycles. The molecule has 0 bridgehead atoms. The minimum absolute atomic E-state index is 0.0197. The van der Waals surface area contributed by atoms with Crippen LogP contribution >= 0.6 is 11.3 Å². The standard InChI is InChI=1S/C17H17N5O2S/c1-10(6-12-4-3-5-18-7-12)20-16(23)13-8-19-15(22-17(13)24)14-9-25-11(2)21-14/h3-5,7-10H,6H2,1-2H3,(H,20,23)(H,19,22,24). The Labute approximate surface area is 148 Å². The predicted octanol–water partition coefficient (Wildman–Crippen LogP) is 1.96. The molecule has 0 fully saturated rings. The smallest absolute Gasteiger partial charge is 0.264 e. The molecule has 8 heteroatoms. The van der Waals surface area contributed by atoms with Crippen molar-refractivity contribution in [2.24, 2.45) is 0 Å². The number of nitrogens with one attached hydrogen (secondary N) is 2. The highest BCUT2D eigenvalue weighted by atomic mass is 32.1. The van der Waals surface area contributed by atoms with E-state index in [0.29, 0.717) is 17.9 Å². The van der Waals surface area contributed by atoms with Gasteiger partial charge in [-0.05, 0) is 31.9 Å². The fourth-order valence-corrected chi connectivity index (χ4v) is 2.98. The van der Waals surface area contributed by atoms with Gasteiger partial charge in [0.15, 0.2) is 5.82 Å². The molecular weight excluding hydrogens is 338 g/mol. The summed E-state index contributed by atoms with van der Waals surface area (Å²) in [5, 5.41) is 5.50. The van der Waals surface area contributed by atoms with E-state index in [0.717, 1.165) is 10.6 Å². The van der Waals surface area contributed by atoms with Crippen molar-refractivity contribution in [3.8, 4) is 11.5 Å². The van der Waals surface area contributed by atoms with E-state index in [1.54, 1.807) is 12.4 Å². The van der Waals surface area contributed by atoms with Gasteiger partial charge >= 0.3 is 0 Å². The summed E-state index contributed by atoms with van der Waals surface area (Å²) in [7, 11) is 0. The van der Waals surface area contributed by atoms with Crippen molar-refractivity contribution in [2.45, 2.75) is 26.3 Å². The van der Waals surface area contributed by atoms with E-state index in [2.05, 4.69) is 25.3 Å². The van der Waals surface area contributed by atoms with Gasteiger partial charge < -0.3 is 10.3 Å². The molecular formula is C17H17N5O2S. The molecule has 1 unspecified atom stereocenters. The Hall–Kier alpha value is -2.87. The molecule has 0 aromatic carbocycles. The lowest BCUT2D eigenvalue weighted by molar-refractivity contribution is 0.0938. The SMILES string of the molecule is Cc1nc(-c2ncc(C(=O)NC(C)Cc3cccnc3)c(=O)[nH]2)cs1. The second kappa shape index (κ2) is 7.35. The Kier molecular flexibility index (Phi) is 4.99. The molecule has 7 nitrogen and oxygen atoms in total. The van der Waals surface area contributed by atoms with Gasteiger partial charge in [-0.3, -0.25) is 14.6 Å². The number of carbonyl (C=O) groups excluding carboxylic acids is 1. The number of amides is 1. The second-order valence-corrected chi connectivity index (χ2v) is 6.73. The van der Waals surface area contributed by atoms with Crippen LogP contribution in [0.5, 0.6) is 0 Å². The quantitative estimate of drug-likeness (QED) is 0.729. The molecule has 0 spiro atoms. The summed E-state index contributed by atoms with van der Waals surface area (Å²) in [6.07, 6.45) is 5.36. The van der Waals surface area contributed by atoms with E-state index in [9.17, 15) is 9.59 Å². The van der Waals surface area contributed by atoms with Crippen molar-refractivity contribution in [2.75, 3.05) is 0 Å². The van der Waals surface area contributed by atoms with Crippen LogP contribution in [0.15, 0.2) is 40.9 Å². The molecule has 0 saturated carbocycles. The van der Waals surface area contributed by atoms with Gasteiger partial charge in [-0.25, -0.2) is 9.97 Å². The average Bonchev–Trinajstić information content (AvgIpc) is 3.02. The first-order valence-corrected chi connectivity index (χ1v) is 8.62. The maximum Gasteiger partial charge on any atom is 0.264 e. The van der Waals surface area contributed by atoms with Crippen molar-refractivity contribution in [3.63, 3.8) is 0 Å². The Morgan fingerprint density at radius 2 is 2.24 bits per heavy atom. The van der Waals surface area contributed by atoms with Crippen LogP contribution in [0.2, 0.25) is 0 Å². The van der Waals surface area contributed by atoms with Crippen molar-refractivity contribution in [1.82, 2.24) is 25.3 Å². The van der Waals surface area contributed by atoms with Crippen LogP contribution in [0.25, 0.3) is 11.5 Å². The monoisotopic (exact) mass is 355 g/mol. The number of pyridine rings is 1. The third kappa shape index (κ3) is 4.16. The summed E-state index contributed by atoms with van der Waals surface area (Å²) in [6.45, 7) is 3.75. The van der Waals surface area contributed by atoms with Gasteiger partial charge in [-0.15, -0.1) is 11.3 Å². The number of hydrogen-bond donors (Lipinski definition) is 2. The topological polar surface area (TPSA) is 101 Å². The molecule has 0 radical (unpaired) electrons. The van der Waals surface area contributed by atoms with Crippen molar-refractivity contribution in [3.05, 3.63) is 62.6 Å². The molecule has 3 rings (SSSR count). The lowest BCUT2D eigenvalue weighted by Crippen LogP contribution is -2.37. The minimum Gasteiger partial charge on any atom is -0.349 e. The molecule has 1 atom stereocenters. The highest BCUT2D eigenvalue weighted by molar-refractivity contribution is 7.09. The van der Waals surface area contributed by atoms with Gasteiger partial charge in [0.2, 0.25) is 0 Å². The number of hydrogen-bond acceptors (Lipinski definition) is 6. The highest BCUT2D eigenvalue weighted by Gasteiger charge is 2.16. The van der Waals surface area contributed by atoms with Crippen molar-refractivity contribution < 1.29 is 4.79 Å². The van der Waals surface area contributed by atoms with E-state index in [4.69, 9.17) is 0 Å². The summed E-state index contributed by atoms with van der Waals surface area (Å²) in [6, 6.07) is 3.64. The Balaban J connectivity index is 1.71. The normalized spacial score (nSPS) is 11.9. The molecule has 128 valence electrons. The number of nitrogens with zero attached hydrogens (tertiary/aromatic N) is 3. The van der Waals surface area contributed by atoms with E-state index in [-0.39, 0.29) is 11.6 Å². The molecule has 2 N–H and O–H groups in total. The van der Waals surface area contributed by atoms with Gasteiger partial charge in [0.25, 0.3) is 11.5 Å². The first kappa shape index (κ1) is 17.0. The summed E-state index contributed by atoms with van der Waals surface area (Å²) in [4.78, 5) is 39.6. The zero-order valence-corrected chi connectivity index (χ0v) is 14.6. The van der Waals surface area contributed by atoms with E-state index < -0.39 is 11.5 Å². The first-order chi connectivity index (χ1) is 12.0. The fourth-order valence-electron chi connectivity index (χ4n) is 2.38. The van der Waals surface area contributed by atoms with Crippen molar-refractivity contribution >= 4 is 17.2 Å². The second-order valence-electron chi connectivity index (χ2n) is 5.67. The number of H-pyrrole nitrogens is 1. The Morgan fingerprint density at radius 1 is 1.40 bits per heavy atom. The molecule has 0 aliphatic carbocycles. The minimum atomic E-state index is -0.485. The van der Waals surface area contributed by atoms with Gasteiger partial charge in [-0.1, -0.05) is 6.07 Å². The van der Waals surface area contributed by atoms with Crippen LogP contribution in [-0.2, 0) is 6.42 Å². The number of aromatic nitrogens is 4.